The van der Waals surface area contributed by atoms with Crippen LogP contribution in [-0.2, 0) is 17.6 Å². The van der Waals surface area contributed by atoms with Gasteiger partial charge in [-0.3, -0.25) is 0 Å². The molecule has 3 rings (SSSR count). The Balaban J connectivity index is 2.14. The average Bonchev–Trinajstić information content (AvgIpc) is 2.90. The van der Waals surface area contributed by atoms with Crippen LogP contribution >= 0.6 is 0 Å². The Hall–Kier alpha value is -2.30. The van der Waals surface area contributed by atoms with Gasteiger partial charge in [0.05, 0.1) is 30.4 Å². The number of benzene rings is 1. The molecule has 0 aliphatic heterocycles. The fourth-order valence-electron chi connectivity index (χ4n) is 2.71. The van der Waals surface area contributed by atoms with Crippen LogP contribution in [0.4, 0.5) is 5.69 Å². The zero-order chi connectivity index (χ0) is 14.1. The molecule has 0 fully saturated rings. The molecule has 0 saturated carbocycles. The summed E-state index contributed by atoms with van der Waals surface area (Å²) in [4.78, 5) is 16.4. The third-order valence-electron chi connectivity index (χ3n) is 3.72. The first-order valence-corrected chi connectivity index (χ1v) is 6.74. The molecule has 2 aromatic rings. The van der Waals surface area contributed by atoms with Crippen LogP contribution in [0.15, 0.2) is 24.5 Å². The largest absolute Gasteiger partial charge is 0.465 e. The third-order valence-corrected chi connectivity index (χ3v) is 3.72. The molecule has 1 aliphatic rings. The molecule has 1 aliphatic carbocycles. The SMILES string of the molecule is COC(=O)c1cc(N)ccc1-n1cnc2c1CCCC2. The summed E-state index contributed by atoms with van der Waals surface area (Å²) in [5.41, 5.74) is 9.89. The fourth-order valence-corrected chi connectivity index (χ4v) is 2.71. The van der Waals surface area contributed by atoms with Gasteiger partial charge in [-0.1, -0.05) is 0 Å². The summed E-state index contributed by atoms with van der Waals surface area (Å²) in [6.07, 6.45) is 6.11. The first kappa shape index (κ1) is 12.7. The molecule has 0 amide bonds. The van der Waals surface area contributed by atoms with E-state index in [-0.39, 0.29) is 5.97 Å². The van der Waals surface area contributed by atoms with E-state index in [1.54, 1.807) is 18.5 Å². The zero-order valence-corrected chi connectivity index (χ0v) is 11.4. The van der Waals surface area contributed by atoms with E-state index in [9.17, 15) is 4.79 Å². The number of nitrogens with zero attached hydrogens (tertiary/aromatic N) is 2. The summed E-state index contributed by atoms with van der Waals surface area (Å²) in [5.74, 6) is -0.384. The number of carbonyl (C=O) groups excluding carboxylic acids is 1. The highest BCUT2D eigenvalue weighted by Gasteiger charge is 2.20. The van der Waals surface area contributed by atoms with Gasteiger partial charge in [-0.25, -0.2) is 9.78 Å². The average molecular weight is 271 g/mol. The van der Waals surface area contributed by atoms with Crippen LogP contribution in [0.25, 0.3) is 5.69 Å². The van der Waals surface area contributed by atoms with Gasteiger partial charge in [0, 0.05) is 11.4 Å². The number of imidazole rings is 1. The molecular weight excluding hydrogens is 254 g/mol. The Morgan fingerprint density at radius 1 is 1.35 bits per heavy atom. The summed E-state index contributed by atoms with van der Waals surface area (Å²) in [6, 6.07) is 5.28. The summed E-state index contributed by atoms with van der Waals surface area (Å²) in [6.45, 7) is 0. The van der Waals surface area contributed by atoms with E-state index >= 15 is 0 Å². The van der Waals surface area contributed by atoms with Crippen LogP contribution in [0.3, 0.4) is 0 Å². The van der Waals surface area contributed by atoms with Gasteiger partial charge in [-0.2, -0.15) is 0 Å². The first-order valence-electron chi connectivity index (χ1n) is 6.74. The minimum Gasteiger partial charge on any atom is -0.465 e. The van der Waals surface area contributed by atoms with Crippen LogP contribution in [0.2, 0.25) is 0 Å². The molecular formula is C15H17N3O2. The number of hydrogen-bond donors (Lipinski definition) is 1. The number of nitrogens with two attached hydrogens (primary N) is 1. The normalized spacial score (nSPS) is 13.8. The lowest BCUT2D eigenvalue weighted by atomic mass is 10.0. The number of carbonyl (C=O) groups is 1. The number of aryl methyl sites for hydroxylation is 1. The lowest BCUT2D eigenvalue weighted by molar-refractivity contribution is 0.0601. The van der Waals surface area contributed by atoms with Gasteiger partial charge in [0.1, 0.15) is 0 Å². The van der Waals surface area contributed by atoms with Crippen LogP contribution in [0.5, 0.6) is 0 Å². The van der Waals surface area contributed by atoms with Crippen molar-refractivity contribution >= 4 is 11.7 Å². The molecule has 20 heavy (non-hydrogen) atoms. The summed E-state index contributed by atoms with van der Waals surface area (Å²) in [7, 11) is 1.37. The quantitative estimate of drug-likeness (QED) is 0.671. The highest BCUT2D eigenvalue weighted by Crippen LogP contribution is 2.26. The van der Waals surface area contributed by atoms with E-state index < -0.39 is 0 Å². The second-order valence-corrected chi connectivity index (χ2v) is 4.98. The smallest absolute Gasteiger partial charge is 0.340 e. The Morgan fingerprint density at radius 3 is 2.95 bits per heavy atom. The lowest BCUT2D eigenvalue weighted by Crippen LogP contribution is -2.12. The number of esters is 1. The predicted molar refractivity (Wildman–Crippen MR) is 76.0 cm³/mol. The lowest BCUT2D eigenvalue weighted by Gasteiger charge is -2.16. The molecule has 5 nitrogen and oxygen atoms in total. The monoisotopic (exact) mass is 271 g/mol. The van der Waals surface area contributed by atoms with E-state index in [1.807, 2.05) is 10.6 Å². The number of hydrogen-bond acceptors (Lipinski definition) is 4. The molecule has 1 aromatic heterocycles. The fraction of sp³-hybridized carbons (Fsp3) is 0.333. The summed E-state index contributed by atoms with van der Waals surface area (Å²) >= 11 is 0. The molecule has 0 unspecified atom stereocenters. The molecule has 104 valence electrons. The maximum atomic E-state index is 11.9. The van der Waals surface area contributed by atoms with E-state index in [2.05, 4.69) is 4.98 Å². The van der Waals surface area contributed by atoms with Crippen molar-refractivity contribution < 1.29 is 9.53 Å². The van der Waals surface area contributed by atoms with Gasteiger partial charge in [-0.15, -0.1) is 0 Å². The number of methoxy groups -OCH3 is 1. The van der Waals surface area contributed by atoms with Gasteiger partial charge >= 0.3 is 5.97 Å². The molecule has 0 saturated heterocycles. The Bertz CT molecular complexity index is 661. The molecule has 1 aromatic carbocycles. The van der Waals surface area contributed by atoms with Crippen molar-refractivity contribution in [2.45, 2.75) is 25.7 Å². The molecule has 2 N–H and O–H groups in total. The van der Waals surface area contributed by atoms with Crippen molar-refractivity contribution in [1.29, 1.82) is 0 Å². The number of anilines is 1. The number of rotatable bonds is 2. The number of aromatic nitrogens is 2. The van der Waals surface area contributed by atoms with E-state index in [0.29, 0.717) is 11.3 Å². The van der Waals surface area contributed by atoms with Crippen molar-refractivity contribution in [1.82, 2.24) is 9.55 Å². The second-order valence-electron chi connectivity index (χ2n) is 4.98. The zero-order valence-electron chi connectivity index (χ0n) is 11.4. The minimum atomic E-state index is -0.384. The van der Waals surface area contributed by atoms with Gasteiger partial charge in [0.15, 0.2) is 0 Å². The molecule has 5 heteroatoms. The van der Waals surface area contributed by atoms with Crippen molar-refractivity contribution in [3.8, 4) is 5.69 Å². The van der Waals surface area contributed by atoms with Gasteiger partial charge in [0.25, 0.3) is 0 Å². The van der Waals surface area contributed by atoms with Crippen molar-refractivity contribution in [2.24, 2.45) is 0 Å². The summed E-state index contributed by atoms with van der Waals surface area (Å²) in [5, 5.41) is 0. The van der Waals surface area contributed by atoms with Crippen molar-refractivity contribution in [3.05, 3.63) is 41.5 Å². The molecule has 0 radical (unpaired) electrons. The minimum absolute atomic E-state index is 0.384. The Kier molecular flexibility index (Phi) is 3.18. The van der Waals surface area contributed by atoms with Crippen LogP contribution in [-0.4, -0.2) is 22.6 Å². The van der Waals surface area contributed by atoms with E-state index in [4.69, 9.17) is 10.5 Å². The maximum Gasteiger partial charge on any atom is 0.340 e. The first-order chi connectivity index (χ1) is 9.70. The Labute approximate surface area is 117 Å². The number of nitrogen functional groups attached to an aromatic ring is 1. The molecule has 0 bridgehead atoms. The topological polar surface area (TPSA) is 70.1 Å². The molecule has 1 heterocycles. The number of ether oxygens (including phenoxy) is 1. The van der Waals surface area contributed by atoms with Crippen LogP contribution in [0, 0.1) is 0 Å². The number of fused-ring (bicyclic) bond motifs is 1. The predicted octanol–water partition coefficient (Wildman–Crippen LogP) is 2.12. The van der Waals surface area contributed by atoms with Crippen LogP contribution in [0.1, 0.15) is 34.6 Å². The molecule has 0 atom stereocenters. The van der Waals surface area contributed by atoms with Gasteiger partial charge in [0.2, 0.25) is 0 Å². The van der Waals surface area contributed by atoms with Gasteiger partial charge in [-0.05, 0) is 43.9 Å². The maximum absolute atomic E-state index is 11.9. The second kappa shape index (κ2) is 5.00. The highest BCUT2D eigenvalue weighted by molar-refractivity contribution is 5.94. The van der Waals surface area contributed by atoms with E-state index in [1.165, 1.54) is 19.2 Å². The van der Waals surface area contributed by atoms with Crippen molar-refractivity contribution in [2.75, 3.05) is 12.8 Å². The van der Waals surface area contributed by atoms with Gasteiger partial charge < -0.3 is 15.0 Å². The highest BCUT2D eigenvalue weighted by atomic mass is 16.5. The third kappa shape index (κ3) is 2.05. The standard InChI is InChI=1S/C15H17N3O2/c1-20-15(19)11-8-10(16)6-7-13(11)18-9-17-12-4-2-3-5-14(12)18/h6-9H,2-5,16H2,1H3. The van der Waals surface area contributed by atoms with E-state index in [0.717, 1.165) is 30.6 Å². The Morgan fingerprint density at radius 2 is 2.15 bits per heavy atom. The van der Waals surface area contributed by atoms with Crippen LogP contribution < -0.4 is 5.73 Å². The summed E-state index contributed by atoms with van der Waals surface area (Å²) < 4.78 is 6.83. The molecule has 0 spiro atoms. The van der Waals surface area contributed by atoms with Crippen molar-refractivity contribution in [3.63, 3.8) is 0 Å².